The molecule has 0 bridgehead atoms. The second kappa shape index (κ2) is 9.45. The predicted molar refractivity (Wildman–Crippen MR) is 110 cm³/mol. The molecule has 9 nitrogen and oxygen atoms in total. The van der Waals surface area contributed by atoms with Crippen LogP contribution in [0.15, 0.2) is 41.2 Å². The molecule has 3 aromatic heterocycles. The fraction of sp³-hybridized carbons (Fsp3) is 0.381. The molecule has 4 rings (SSSR count). The summed E-state index contributed by atoms with van der Waals surface area (Å²) < 4.78 is 11.3. The van der Waals surface area contributed by atoms with Gasteiger partial charge in [-0.2, -0.15) is 0 Å². The number of aromatic nitrogens is 4. The summed E-state index contributed by atoms with van der Waals surface area (Å²) in [5.41, 5.74) is 2.83. The largest absolute Gasteiger partial charge is 0.372 e. The summed E-state index contributed by atoms with van der Waals surface area (Å²) in [6.07, 6.45) is 5.91. The molecular formula is C21H24N6O3. The molecule has 30 heavy (non-hydrogen) atoms. The second-order valence-electron chi connectivity index (χ2n) is 7.08. The standard InChI is InChI=1S/C21H24N6O3/c1-14-12-18(30-27-14)15-13-25-21(26-19(15)17-7-4-11-29-17)24-10-5-9-23-20(28)16-6-2-3-8-22-16/h2-3,6,8,12-13,17H,4-5,7,9-11H2,1H3,(H,23,28)(H,24,25,26). The highest BCUT2D eigenvalue weighted by atomic mass is 16.5. The number of carbonyl (C=O) groups is 1. The van der Waals surface area contributed by atoms with Gasteiger partial charge in [0.2, 0.25) is 5.95 Å². The third kappa shape index (κ3) is 4.80. The number of ether oxygens (including phenoxy) is 1. The number of hydrogen-bond donors (Lipinski definition) is 2. The summed E-state index contributed by atoms with van der Waals surface area (Å²) in [6, 6.07) is 7.12. The number of nitrogens with zero attached hydrogens (tertiary/aromatic N) is 4. The van der Waals surface area contributed by atoms with Crippen molar-refractivity contribution in [3.05, 3.63) is 53.7 Å². The van der Waals surface area contributed by atoms with Crippen LogP contribution < -0.4 is 10.6 Å². The van der Waals surface area contributed by atoms with Gasteiger partial charge in [0.25, 0.3) is 5.91 Å². The van der Waals surface area contributed by atoms with Gasteiger partial charge >= 0.3 is 0 Å². The molecule has 9 heteroatoms. The lowest BCUT2D eigenvalue weighted by Gasteiger charge is -2.14. The van der Waals surface area contributed by atoms with E-state index in [-0.39, 0.29) is 12.0 Å². The van der Waals surface area contributed by atoms with Gasteiger partial charge in [0.15, 0.2) is 5.76 Å². The normalized spacial score (nSPS) is 15.8. The Hall–Kier alpha value is -3.33. The summed E-state index contributed by atoms with van der Waals surface area (Å²) in [5.74, 6) is 0.984. The van der Waals surface area contributed by atoms with Crippen LogP contribution in [0.2, 0.25) is 0 Å². The van der Waals surface area contributed by atoms with E-state index in [1.54, 1.807) is 30.6 Å². The minimum absolute atomic E-state index is 0.0772. The molecule has 0 saturated carbocycles. The van der Waals surface area contributed by atoms with Crippen molar-refractivity contribution in [2.45, 2.75) is 32.3 Å². The van der Waals surface area contributed by atoms with Crippen LogP contribution in [-0.2, 0) is 4.74 Å². The maximum atomic E-state index is 12.0. The fourth-order valence-electron chi connectivity index (χ4n) is 3.28. The topological polar surface area (TPSA) is 115 Å². The minimum Gasteiger partial charge on any atom is -0.372 e. The van der Waals surface area contributed by atoms with E-state index < -0.39 is 0 Å². The molecule has 0 aromatic carbocycles. The van der Waals surface area contributed by atoms with Crippen molar-refractivity contribution in [1.82, 2.24) is 25.4 Å². The number of aryl methyl sites for hydroxylation is 1. The molecule has 1 aliphatic rings. The minimum atomic E-state index is -0.181. The average Bonchev–Trinajstić information content (AvgIpc) is 3.46. The van der Waals surface area contributed by atoms with E-state index in [1.807, 2.05) is 13.0 Å². The van der Waals surface area contributed by atoms with Crippen molar-refractivity contribution >= 4 is 11.9 Å². The maximum absolute atomic E-state index is 12.0. The van der Waals surface area contributed by atoms with Gasteiger partial charge in [0, 0.05) is 38.2 Å². The van der Waals surface area contributed by atoms with Gasteiger partial charge in [-0.25, -0.2) is 9.97 Å². The number of amides is 1. The van der Waals surface area contributed by atoms with Gasteiger partial charge in [-0.15, -0.1) is 0 Å². The van der Waals surface area contributed by atoms with Crippen LogP contribution in [-0.4, -0.2) is 45.7 Å². The number of rotatable bonds is 8. The molecule has 1 fully saturated rings. The van der Waals surface area contributed by atoms with E-state index in [9.17, 15) is 4.79 Å². The average molecular weight is 408 g/mol. The van der Waals surface area contributed by atoms with Crippen molar-refractivity contribution in [1.29, 1.82) is 0 Å². The molecule has 4 heterocycles. The molecule has 1 saturated heterocycles. The van der Waals surface area contributed by atoms with Crippen LogP contribution in [0, 0.1) is 6.92 Å². The van der Waals surface area contributed by atoms with Crippen molar-refractivity contribution in [2.75, 3.05) is 25.0 Å². The van der Waals surface area contributed by atoms with E-state index in [1.165, 1.54) is 0 Å². The van der Waals surface area contributed by atoms with Gasteiger partial charge in [0.1, 0.15) is 11.8 Å². The molecule has 1 atom stereocenters. The summed E-state index contributed by atoms with van der Waals surface area (Å²) in [4.78, 5) is 25.1. The molecule has 1 amide bonds. The molecule has 0 aliphatic carbocycles. The first-order chi connectivity index (χ1) is 14.7. The molecule has 0 radical (unpaired) electrons. The van der Waals surface area contributed by atoms with Gasteiger partial charge in [-0.05, 0) is 38.3 Å². The highest BCUT2D eigenvalue weighted by Crippen LogP contribution is 2.34. The zero-order valence-electron chi connectivity index (χ0n) is 16.8. The van der Waals surface area contributed by atoms with Crippen LogP contribution in [0.1, 0.15) is 47.2 Å². The van der Waals surface area contributed by atoms with E-state index in [2.05, 4.69) is 30.7 Å². The Labute approximate surface area is 174 Å². The van der Waals surface area contributed by atoms with Crippen molar-refractivity contribution < 1.29 is 14.1 Å². The highest BCUT2D eigenvalue weighted by molar-refractivity contribution is 5.92. The molecule has 1 aliphatic heterocycles. The second-order valence-corrected chi connectivity index (χ2v) is 7.08. The third-order valence-corrected chi connectivity index (χ3v) is 4.77. The maximum Gasteiger partial charge on any atom is 0.269 e. The molecular weight excluding hydrogens is 384 g/mol. The smallest absolute Gasteiger partial charge is 0.269 e. The van der Waals surface area contributed by atoms with Crippen LogP contribution in [0.25, 0.3) is 11.3 Å². The lowest BCUT2D eigenvalue weighted by molar-refractivity contribution is 0.0948. The number of pyridine rings is 1. The third-order valence-electron chi connectivity index (χ3n) is 4.77. The molecule has 2 N–H and O–H groups in total. The number of nitrogens with one attached hydrogen (secondary N) is 2. The quantitative estimate of drug-likeness (QED) is 0.547. The monoisotopic (exact) mass is 408 g/mol. The zero-order chi connectivity index (χ0) is 20.8. The van der Waals surface area contributed by atoms with Crippen LogP contribution in [0.4, 0.5) is 5.95 Å². The van der Waals surface area contributed by atoms with Gasteiger partial charge in [-0.3, -0.25) is 9.78 Å². The van der Waals surface area contributed by atoms with Crippen molar-refractivity contribution in [3.8, 4) is 11.3 Å². The number of carbonyl (C=O) groups excluding carboxylic acids is 1. The predicted octanol–water partition coefficient (Wildman–Crippen LogP) is 2.92. The Morgan fingerprint density at radius 1 is 1.27 bits per heavy atom. The Morgan fingerprint density at radius 2 is 2.20 bits per heavy atom. The van der Waals surface area contributed by atoms with Crippen LogP contribution in [0.3, 0.4) is 0 Å². The number of hydrogen-bond acceptors (Lipinski definition) is 8. The Morgan fingerprint density at radius 3 is 2.93 bits per heavy atom. The molecule has 3 aromatic rings. The van der Waals surface area contributed by atoms with Gasteiger partial charge < -0.3 is 19.9 Å². The molecule has 1 unspecified atom stereocenters. The lowest BCUT2D eigenvalue weighted by Crippen LogP contribution is -2.26. The first-order valence-corrected chi connectivity index (χ1v) is 10.1. The Kier molecular flexibility index (Phi) is 6.29. The molecule has 0 spiro atoms. The molecule has 156 valence electrons. The van der Waals surface area contributed by atoms with E-state index >= 15 is 0 Å². The first kappa shape index (κ1) is 20.0. The first-order valence-electron chi connectivity index (χ1n) is 10.1. The SMILES string of the molecule is Cc1cc(-c2cnc(NCCCNC(=O)c3ccccn3)nc2C2CCCO2)on1. The van der Waals surface area contributed by atoms with Crippen LogP contribution in [0.5, 0.6) is 0 Å². The summed E-state index contributed by atoms with van der Waals surface area (Å²) in [5, 5.41) is 10.0. The lowest BCUT2D eigenvalue weighted by atomic mass is 10.1. The van der Waals surface area contributed by atoms with Crippen molar-refractivity contribution in [3.63, 3.8) is 0 Å². The zero-order valence-corrected chi connectivity index (χ0v) is 16.8. The van der Waals surface area contributed by atoms with Crippen LogP contribution >= 0.6 is 0 Å². The highest BCUT2D eigenvalue weighted by Gasteiger charge is 2.25. The fourth-order valence-corrected chi connectivity index (χ4v) is 3.28. The number of anilines is 1. The van der Waals surface area contributed by atoms with Crippen molar-refractivity contribution in [2.24, 2.45) is 0 Å². The van der Waals surface area contributed by atoms with E-state index in [4.69, 9.17) is 9.26 Å². The Balaban J connectivity index is 1.35. The summed E-state index contributed by atoms with van der Waals surface area (Å²) in [6.45, 7) is 3.75. The summed E-state index contributed by atoms with van der Waals surface area (Å²) in [7, 11) is 0. The summed E-state index contributed by atoms with van der Waals surface area (Å²) >= 11 is 0. The van der Waals surface area contributed by atoms with E-state index in [0.29, 0.717) is 30.5 Å². The Bertz CT molecular complexity index is 985. The van der Waals surface area contributed by atoms with E-state index in [0.717, 1.165) is 42.8 Å². The van der Waals surface area contributed by atoms with Gasteiger partial charge in [0.05, 0.1) is 17.0 Å². The van der Waals surface area contributed by atoms with Gasteiger partial charge in [-0.1, -0.05) is 11.2 Å².